The first-order valence-electron chi connectivity index (χ1n) is 12.8. The molecule has 2 fully saturated rings. The number of hydrogen-bond donors (Lipinski definition) is 0. The van der Waals surface area contributed by atoms with Crippen LogP contribution < -0.4 is 5.69 Å². The van der Waals surface area contributed by atoms with Crippen molar-refractivity contribution >= 4 is 15.5 Å². The second-order valence-corrected chi connectivity index (χ2v) is 12.5. The van der Waals surface area contributed by atoms with Crippen LogP contribution in [0, 0.1) is 5.92 Å². The Kier molecular flexibility index (Phi) is 6.18. The maximum absolute atomic E-state index is 14.1. The molecular weight excluding hydrogens is 533 g/mol. The van der Waals surface area contributed by atoms with Crippen LogP contribution in [0.1, 0.15) is 54.1 Å². The SMILES string of the molecule is Cn1cnnc1[C@@H](c1cccc(-n2cc3c(C(F)(F)F)cc(CN4CCCS4(=O)=O)cn3c2=O)c1)C1CCC1. The number of aromatic nitrogens is 5. The minimum atomic E-state index is -4.74. The highest BCUT2D eigenvalue weighted by Gasteiger charge is 2.36. The van der Waals surface area contributed by atoms with E-state index in [-0.39, 0.29) is 35.8 Å². The summed E-state index contributed by atoms with van der Waals surface area (Å²) >= 11 is 0. The summed E-state index contributed by atoms with van der Waals surface area (Å²) in [5.74, 6) is 1.06. The molecule has 4 aromatic rings. The fourth-order valence-corrected chi connectivity index (χ4v) is 7.17. The van der Waals surface area contributed by atoms with Crippen LogP contribution in [0.25, 0.3) is 11.2 Å². The van der Waals surface area contributed by atoms with Crippen LogP contribution in [0.3, 0.4) is 0 Å². The Hall–Kier alpha value is -3.45. The molecule has 6 rings (SSSR count). The van der Waals surface area contributed by atoms with Crippen molar-refractivity contribution in [3.8, 4) is 5.69 Å². The lowest BCUT2D eigenvalue weighted by atomic mass is 9.72. The number of hydrogen-bond acceptors (Lipinski definition) is 5. The van der Waals surface area contributed by atoms with Gasteiger partial charge in [0.15, 0.2) is 0 Å². The van der Waals surface area contributed by atoms with Gasteiger partial charge in [-0.3, -0.25) is 8.97 Å². The monoisotopic (exact) mass is 560 g/mol. The van der Waals surface area contributed by atoms with Gasteiger partial charge in [0.1, 0.15) is 12.2 Å². The summed E-state index contributed by atoms with van der Waals surface area (Å²) < 4.78 is 72.1. The predicted octanol–water partition coefficient (Wildman–Crippen LogP) is 3.71. The summed E-state index contributed by atoms with van der Waals surface area (Å²) in [5.41, 5.74) is -0.514. The first-order valence-corrected chi connectivity index (χ1v) is 14.4. The number of halogens is 3. The first-order chi connectivity index (χ1) is 18.5. The van der Waals surface area contributed by atoms with E-state index in [1.807, 2.05) is 23.7 Å². The fourth-order valence-electron chi connectivity index (χ4n) is 5.66. The smallest absolute Gasteiger partial charge is 0.320 e. The van der Waals surface area contributed by atoms with E-state index in [9.17, 15) is 26.4 Å². The third kappa shape index (κ3) is 4.56. The van der Waals surface area contributed by atoms with Crippen LogP contribution in [0.4, 0.5) is 13.2 Å². The van der Waals surface area contributed by atoms with Crippen LogP contribution in [0.15, 0.2) is 53.8 Å². The zero-order valence-electron chi connectivity index (χ0n) is 21.2. The number of fused-ring (bicyclic) bond motifs is 1. The summed E-state index contributed by atoms with van der Waals surface area (Å²) in [6.45, 7) is 0.00727. The van der Waals surface area contributed by atoms with E-state index in [2.05, 4.69) is 10.2 Å². The summed E-state index contributed by atoms with van der Waals surface area (Å²) in [4.78, 5) is 13.5. The molecule has 1 saturated heterocycles. The summed E-state index contributed by atoms with van der Waals surface area (Å²) in [6.07, 6.45) is 2.99. The van der Waals surface area contributed by atoms with Gasteiger partial charge in [-0.15, -0.1) is 10.2 Å². The highest BCUT2D eigenvalue weighted by molar-refractivity contribution is 7.89. The summed E-state index contributed by atoms with van der Waals surface area (Å²) in [5, 5.41) is 8.34. The van der Waals surface area contributed by atoms with Gasteiger partial charge in [-0.25, -0.2) is 13.2 Å². The highest BCUT2D eigenvalue weighted by atomic mass is 32.2. The average molecular weight is 561 g/mol. The van der Waals surface area contributed by atoms with Gasteiger partial charge in [0.25, 0.3) is 0 Å². The molecule has 1 aromatic carbocycles. The molecule has 13 heteroatoms. The Balaban J connectivity index is 1.45. The van der Waals surface area contributed by atoms with Crippen LogP contribution >= 0.6 is 0 Å². The molecule has 4 heterocycles. The molecule has 0 amide bonds. The predicted molar refractivity (Wildman–Crippen MR) is 137 cm³/mol. The minimum absolute atomic E-state index is 0.0375. The van der Waals surface area contributed by atoms with Gasteiger partial charge in [-0.05, 0) is 54.5 Å². The zero-order valence-corrected chi connectivity index (χ0v) is 22.0. The van der Waals surface area contributed by atoms with Crippen molar-refractivity contribution < 1.29 is 21.6 Å². The molecular formula is C26H27F3N6O3S. The Labute approximate surface area is 222 Å². The second kappa shape index (κ2) is 9.33. The van der Waals surface area contributed by atoms with Crippen LogP contribution in [0.2, 0.25) is 0 Å². The van der Waals surface area contributed by atoms with Crippen molar-refractivity contribution in [2.45, 2.75) is 44.3 Å². The molecule has 0 N–H and O–H groups in total. The van der Waals surface area contributed by atoms with Gasteiger partial charge in [0, 0.05) is 38.4 Å². The van der Waals surface area contributed by atoms with Gasteiger partial charge < -0.3 is 4.57 Å². The molecule has 0 unspecified atom stereocenters. The van der Waals surface area contributed by atoms with Crippen molar-refractivity contribution in [3.63, 3.8) is 0 Å². The number of nitrogens with zero attached hydrogens (tertiary/aromatic N) is 6. The van der Waals surface area contributed by atoms with Gasteiger partial charge in [0.2, 0.25) is 10.0 Å². The van der Waals surface area contributed by atoms with Crippen molar-refractivity contribution in [1.82, 2.24) is 28.0 Å². The molecule has 0 spiro atoms. The van der Waals surface area contributed by atoms with E-state index >= 15 is 0 Å². The Bertz CT molecular complexity index is 1720. The average Bonchev–Trinajstić information content (AvgIpc) is 3.52. The molecule has 1 aliphatic carbocycles. The number of aryl methyl sites for hydroxylation is 1. The quantitative estimate of drug-likeness (QED) is 0.359. The molecule has 0 bridgehead atoms. The number of sulfonamides is 1. The molecule has 1 atom stereocenters. The summed E-state index contributed by atoms with van der Waals surface area (Å²) in [6, 6.07) is 8.17. The lowest BCUT2D eigenvalue weighted by Gasteiger charge is -2.33. The normalized spacial score (nSPS) is 19.0. The Morgan fingerprint density at radius 1 is 1.13 bits per heavy atom. The molecule has 39 heavy (non-hydrogen) atoms. The van der Waals surface area contributed by atoms with Crippen LogP contribution in [-0.4, -0.2) is 48.8 Å². The Morgan fingerprint density at radius 2 is 1.92 bits per heavy atom. The lowest BCUT2D eigenvalue weighted by molar-refractivity contribution is -0.136. The maximum Gasteiger partial charge on any atom is 0.418 e. The first kappa shape index (κ1) is 25.8. The van der Waals surface area contributed by atoms with Gasteiger partial charge in [-0.2, -0.15) is 17.5 Å². The van der Waals surface area contributed by atoms with E-state index in [1.54, 1.807) is 18.5 Å². The van der Waals surface area contributed by atoms with E-state index in [1.165, 1.54) is 17.0 Å². The molecule has 0 radical (unpaired) electrons. The fraction of sp³-hybridized carbons (Fsp3) is 0.423. The number of benzene rings is 1. The minimum Gasteiger partial charge on any atom is -0.320 e. The molecule has 2 aliphatic rings. The second-order valence-electron chi connectivity index (χ2n) is 10.4. The number of alkyl halides is 3. The van der Waals surface area contributed by atoms with Crippen molar-refractivity contribution in [2.24, 2.45) is 13.0 Å². The summed E-state index contributed by atoms with van der Waals surface area (Å²) in [7, 11) is -1.65. The van der Waals surface area contributed by atoms with Gasteiger partial charge in [-0.1, -0.05) is 18.6 Å². The zero-order chi connectivity index (χ0) is 27.5. The standard InChI is InChI=1S/C26H27F3N6O3S/c1-32-16-30-31-24(32)23(18-5-2-6-18)19-7-3-8-20(12-19)34-15-22-21(26(27,28)29)11-17(14-35(22)25(34)36)13-33-9-4-10-39(33,37)38/h3,7-8,11-12,14-16,18,23H,2,4-6,9-10,13H2,1H3/t23-/m1/s1. The van der Waals surface area contributed by atoms with Gasteiger partial charge >= 0.3 is 11.9 Å². The topological polar surface area (TPSA) is 94.5 Å². The van der Waals surface area contributed by atoms with Crippen molar-refractivity contribution in [3.05, 3.63) is 82.1 Å². The third-order valence-corrected chi connectivity index (χ3v) is 9.75. The lowest BCUT2D eigenvalue weighted by Crippen LogP contribution is -2.26. The largest absolute Gasteiger partial charge is 0.418 e. The third-order valence-electron chi connectivity index (χ3n) is 7.84. The van der Waals surface area contributed by atoms with E-state index in [0.29, 0.717) is 18.0 Å². The van der Waals surface area contributed by atoms with Crippen LogP contribution in [0.5, 0.6) is 0 Å². The number of imidazole rings is 1. The van der Waals surface area contributed by atoms with Gasteiger partial charge in [0.05, 0.1) is 22.5 Å². The van der Waals surface area contributed by atoms with E-state index in [4.69, 9.17) is 0 Å². The molecule has 1 saturated carbocycles. The van der Waals surface area contributed by atoms with E-state index in [0.717, 1.165) is 45.4 Å². The van der Waals surface area contributed by atoms with E-state index < -0.39 is 27.5 Å². The van der Waals surface area contributed by atoms with Crippen molar-refractivity contribution in [1.29, 1.82) is 0 Å². The number of pyridine rings is 1. The highest BCUT2D eigenvalue weighted by Crippen LogP contribution is 2.43. The van der Waals surface area contributed by atoms with Crippen molar-refractivity contribution in [2.75, 3.05) is 12.3 Å². The molecule has 1 aliphatic heterocycles. The molecule has 3 aromatic heterocycles. The maximum atomic E-state index is 14.1. The molecule has 9 nitrogen and oxygen atoms in total. The number of rotatable bonds is 6. The van der Waals surface area contributed by atoms with Crippen LogP contribution in [-0.2, 0) is 29.8 Å². The Morgan fingerprint density at radius 3 is 2.54 bits per heavy atom. The molecule has 206 valence electrons.